The second-order valence-corrected chi connectivity index (χ2v) is 4.22. The third kappa shape index (κ3) is 2.57. The third-order valence-electron chi connectivity index (χ3n) is 2.86. The summed E-state index contributed by atoms with van der Waals surface area (Å²) in [7, 11) is 2.83. The Hall–Kier alpha value is -1.98. The summed E-state index contributed by atoms with van der Waals surface area (Å²) in [6, 6.07) is 6.20. The zero-order valence-electron chi connectivity index (χ0n) is 10.7. The topological polar surface area (TPSA) is 27.1 Å². The predicted octanol–water partition coefficient (Wildman–Crippen LogP) is 3.42. The summed E-state index contributed by atoms with van der Waals surface area (Å²) in [5.41, 5.74) is 1.00. The monoisotopic (exact) mass is 270 g/mol. The van der Waals surface area contributed by atoms with Crippen LogP contribution in [0.4, 0.5) is 13.2 Å². The number of nitrogens with zero attached hydrogens (tertiary/aromatic N) is 2. The Balaban J connectivity index is 2.46. The van der Waals surface area contributed by atoms with E-state index in [1.54, 1.807) is 25.3 Å². The normalized spacial score (nSPS) is 11.7. The van der Waals surface area contributed by atoms with Crippen LogP contribution in [0.2, 0.25) is 0 Å². The molecule has 0 bridgehead atoms. The Bertz CT molecular complexity index is 602. The van der Waals surface area contributed by atoms with Crippen molar-refractivity contribution < 1.29 is 17.9 Å². The van der Waals surface area contributed by atoms with Crippen LogP contribution < -0.4 is 4.74 Å². The number of aromatic nitrogens is 2. The van der Waals surface area contributed by atoms with Crippen LogP contribution in [-0.2, 0) is 13.2 Å². The zero-order valence-corrected chi connectivity index (χ0v) is 10.7. The maximum absolute atomic E-state index is 12.7. The quantitative estimate of drug-likeness (QED) is 0.836. The molecule has 6 heteroatoms. The van der Waals surface area contributed by atoms with Gasteiger partial charge in [0.1, 0.15) is 11.4 Å². The summed E-state index contributed by atoms with van der Waals surface area (Å²) in [4.78, 5) is 0. The van der Waals surface area contributed by atoms with Crippen molar-refractivity contribution >= 4 is 0 Å². The molecule has 0 aliphatic heterocycles. The first-order chi connectivity index (χ1) is 8.82. The molecule has 0 saturated carbocycles. The van der Waals surface area contributed by atoms with Crippen molar-refractivity contribution in [2.45, 2.75) is 13.1 Å². The molecule has 1 aromatic carbocycles. The van der Waals surface area contributed by atoms with E-state index in [2.05, 4.69) is 5.10 Å². The average molecular weight is 270 g/mol. The van der Waals surface area contributed by atoms with Gasteiger partial charge in [-0.15, -0.1) is 0 Å². The highest BCUT2D eigenvalue weighted by molar-refractivity contribution is 5.62. The van der Waals surface area contributed by atoms with E-state index in [9.17, 15) is 13.2 Å². The van der Waals surface area contributed by atoms with Gasteiger partial charge < -0.3 is 4.74 Å². The lowest BCUT2D eigenvalue weighted by molar-refractivity contribution is -0.143. The Morgan fingerprint density at radius 3 is 2.37 bits per heavy atom. The third-order valence-corrected chi connectivity index (χ3v) is 2.86. The minimum Gasteiger partial charge on any atom is -0.496 e. The number of hydrogen-bond donors (Lipinski definition) is 0. The van der Waals surface area contributed by atoms with Crippen molar-refractivity contribution in [1.82, 2.24) is 9.78 Å². The molecule has 0 saturated heterocycles. The van der Waals surface area contributed by atoms with Crippen molar-refractivity contribution in [2.24, 2.45) is 7.05 Å². The summed E-state index contributed by atoms with van der Waals surface area (Å²) in [5.74, 6) is 0.690. The molecule has 102 valence electrons. The van der Waals surface area contributed by atoms with Gasteiger partial charge in [-0.05, 0) is 36.8 Å². The van der Waals surface area contributed by atoms with Crippen LogP contribution in [-0.4, -0.2) is 16.9 Å². The van der Waals surface area contributed by atoms with Gasteiger partial charge in [-0.1, -0.05) is 0 Å². The van der Waals surface area contributed by atoms with E-state index in [1.165, 1.54) is 7.05 Å². The van der Waals surface area contributed by atoms with Crippen LogP contribution in [0.1, 0.15) is 11.3 Å². The molecule has 19 heavy (non-hydrogen) atoms. The van der Waals surface area contributed by atoms with Crippen LogP contribution in [0.25, 0.3) is 11.3 Å². The number of halogens is 3. The molecule has 0 amide bonds. The van der Waals surface area contributed by atoms with E-state index in [-0.39, 0.29) is 0 Å². The summed E-state index contributed by atoms with van der Waals surface area (Å²) in [5, 5.41) is 3.90. The number of alkyl halides is 3. The number of ether oxygens (including phenoxy) is 1. The zero-order chi connectivity index (χ0) is 14.2. The van der Waals surface area contributed by atoms with Crippen molar-refractivity contribution in [1.29, 1.82) is 0 Å². The highest BCUT2D eigenvalue weighted by Crippen LogP contribution is 2.32. The summed E-state index contributed by atoms with van der Waals surface area (Å²) in [6.07, 6.45) is -4.40. The van der Waals surface area contributed by atoms with Crippen molar-refractivity contribution in [3.63, 3.8) is 0 Å². The summed E-state index contributed by atoms with van der Waals surface area (Å²) < 4.78 is 44.0. The van der Waals surface area contributed by atoms with Gasteiger partial charge in [0.2, 0.25) is 0 Å². The number of benzene rings is 1. The molecule has 0 N–H and O–H groups in total. The molecule has 2 aromatic rings. The van der Waals surface area contributed by atoms with Crippen LogP contribution in [0.5, 0.6) is 5.75 Å². The van der Waals surface area contributed by atoms with E-state index in [0.717, 1.165) is 16.3 Å². The van der Waals surface area contributed by atoms with E-state index in [0.29, 0.717) is 17.0 Å². The molecule has 3 nitrogen and oxygen atoms in total. The van der Waals surface area contributed by atoms with Gasteiger partial charge >= 0.3 is 6.18 Å². The number of hydrogen-bond acceptors (Lipinski definition) is 2. The lowest BCUT2D eigenvalue weighted by atomic mass is 10.1. The fourth-order valence-electron chi connectivity index (χ4n) is 1.91. The van der Waals surface area contributed by atoms with Gasteiger partial charge in [-0.3, -0.25) is 4.68 Å². The lowest BCUT2D eigenvalue weighted by Gasteiger charge is -2.05. The molecular formula is C13H13F3N2O. The Morgan fingerprint density at radius 1 is 1.21 bits per heavy atom. The van der Waals surface area contributed by atoms with Crippen molar-refractivity contribution in [3.8, 4) is 17.0 Å². The largest absolute Gasteiger partial charge is 0.496 e. The maximum atomic E-state index is 12.7. The van der Waals surface area contributed by atoms with Gasteiger partial charge in [-0.25, -0.2) is 0 Å². The molecule has 0 atom stereocenters. The summed E-state index contributed by atoms with van der Waals surface area (Å²) >= 11 is 0. The Labute approximate surface area is 108 Å². The average Bonchev–Trinajstić information content (AvgIpc) is 2.71. The van der Waals surface area contributed by atoms with Crippen LogP contribution in [0.15, 0.2) is 24.3 Å². The maximum Gasteiger partial charge on any atom is 0.433 e. The van der Waals surface area contributed by atoms with Crippen LogP contribution >= 0.6 is 0 Å². The molecule has 0 radical (unpaired) electrons. The molecule has 1 heterocycles. The highest BCUT2D eigenvalue weighted by atomic mass is 19.4. The van der Waals surface area contributed by atoms with E-state index in [4.69, 9.17) is 4.74 Å². The fraction of sp³-hybridized carbons (Fsp3) is 0.308. The SMILES string of the molecule is COc1ccc(-c2cc(C(F)(F)F)n(C)n2)cc1C. The lowest BCUT2D eigenvalue weighted by Crippen LogP contribution is -2.11. The van der Waals surface area contributed by atoms with Gasteiger partial charge in [0.25, 0.3) is 0 Å². The molecule has 0 fully saturated rings. The first-order valence-electron chi connectivity index (χ1n) is 5.59. The fourth-order valence-corrected chi connectivity index (χ4v) is 1.91. The second-order valence-electron chi connectivity index (χ2n) is 4.22. The highest BCUT2D eigenvalue weighted by Gasteiger charge is 2.35. The standard InChI is InChI=1S/C13H13F3N2O/c1-8-6-9(4-5-11(8)19-3)10-7-12(13(14,15)16)18(2)17-10/h4-7H,1-3H3. The molecule has 1 aromatic heterocycles. The number of aryl methyl sites for hydroxylation is 2. The Kier molecular flexibility index (Phi) is 3.26. The van der Waals surface area contributed by atoms with Gasteiger partial charge in [0, 0.05) is 12.6 Å². The number of methoxy groups -OCH3 is 1. The minimum absolute atomic E-state index is 0.292. The van der Waals surface area contributed by atoms with Crippen molar-refractivity contribution in [3.05, 3.63) is 35.5 Å². The predicted molar refractivity (Wildman–Crippen MR) is 64.9 cm³/mol. The van der Waals surface area contributed by atoms with Gasteiger partial charge in [-0.2, -0.15) is 18.3 Å². The van der Waals surface area contributed by atoms with E-state index in [1.807, 2.05) is 6.92 Å². The minimum atomic E-state index is -4.40. The molecular weight excluding hydrogens is 257 g/mol. The first-order valence-corrected chi connectivity index (χ1v) is 5.59. The van der Waals surface area contributed by atoms with E-state index >= 15 is 0 Å². The molecule has 0 aliphatic carbocycles. The van der Waals surface area contributed by atoms with Gasteiger partial charge in [0.15, 0.2) is 0 Å². The van der Waals surface area contributed by atoms with Crippen molar-refractivity contribution in [2.75, 3.05) is 7.11 Å². The molecule has 2 rings (SSSR count). The van der Waals surface area contributed by atoms with E-state index < -0.39 is 11.9 Å². The molecule has 0 spiro atoms. The van der Waals surface area contributed by atoms with Crippen LogP contribution in [0, 0.1) is 6.92 Å². The smallest absolute Gasteiger partial charge is 0.433 e. The van der Waals surface area contributed by atoms with Crippen LogP contribution in [0.3, 0.4) is 0 Å². The first kappa shape index (κ1) is 13.5. The summed E-state index contributed by atoms with van der Waals surface area (Å²) in [6.45, 7) is 1.83. The number of rotatable bonds is 2. The molecule has 0 aliphatic rings. The Morgan fingerprint density at radius 2 is 1.89 bits per heavy atom. The molecule has 0 unspecified atom stereocenters. The second kappa shape index (κ2) is 4.60. The van der Waals surface area contributed by atoms with Gasteiger partial charge in [0.05, 0.1) is 12.8 Å².